The third-order valence-corrected chi connectivity index (χ3v) is 4.78. The third-order valence-electron chi connectivity index (χ3n) is 4.78. The second-order valence-electron chi connectivity index (χ2n) is 5.98. The van der Waals surface area contributed by atoms with Gasteiger partial charge in [-0.2, -0.15) is 0 Å². The van der Waals surface area contributed by atoms with Gasteiger partial charge < -0.3 is 10.6 Å². The van der Waals surface area contributed by atoms with E-state index in [2.05, 4.69) is 18.7 Å². The van der Waals surface area contributed by atoms with Crippen LogP contribution in [0.1, 0.15) is 46.0 Å². The molecule has 2 fully saturated rings. The molecule has 2 N–H and O–H groups in total. The first-order valence-electron chi connectivity index (χ1n) is 6.55. The molecule has 1 atom stereocenters. The Bertz CT molecular complexity index is 280. The van der Waals surface area contributed by atoms with Crippen molar-refractivity contribution in [2.45, 2.75) is 46.0 Å². The Morgan fingerprint density at radius 1 is 1.38 bits per heavy atom. The highest BCUT2D eigenvalue weighted by atomic mass is 16.2. The first-order chi connectivity index (χ1) is 7.55. The average molecular weight is 224 g/mol. The topological polar surface area (TPSA) is 46.3 Å². The minimum absolute atomic E-state index is 0.000150. The Morgan fingerprint density at radius 3 is 2.44 bits per heavy atom. The molecular formula is C13H24N2O. The number of hydrogen-bond donors (Lipinski definition) is 1. The van der Waals surface area contributed by atoms with Crippen LogP contribution in [0.5, 0.6) is 0 Å². The maximum absolute atomic E-state index is 12.5. The Labute approximate surface area is 98.4 Å². The van der Waals surface area contributed by atoms with Gasteiger partial charge in [0.1, 0.15) is 0 Å². The number of hydrogen-bond acceptors (Lipinski definition) is 2. The number of nitrogens with zero attached hydrogens (tertiary/aromatic N) is 1. The Morgan fingerprint density at radius 2 is 2.06 bits per heavy atom. The largest absolute Gasteiger partial charge is 0.342 e. The van der Waals surface area contributed by atoms with Gasteiger partial charge in [-0.3, -0.25) is 4.79 Å². The highest BCUT2D eigenvalue weighted by molar-refractivity contribution is 5.83. The van der Waals surface area contributed by atoms with E-state index >= 15 is 0 Å². The van der Waals surface area contributed by atoms with Crippen molar-refractivity contribution in [3.05, 3.63) is 0 Å². The quantitative estimate of drug-likeness (QED) is 0.794. The molecule has 0 radical (unpaired) electrons. The lowest BCUT2D eigenvalue weighted by Crippen LogP contribution is -2.47. The molecule has 1 saturated heterocycles. The van der Waals surface area contributed by atoms with Crippen LogP contribution in [0.25, 0.3) is 0 Å². The van der Waals surface area contributed by atoms with E-state index < -0.39 is 0 Å². The first-order valence-corrected chi connectivity index (χ1v) is 6.55. The van der Waals surface area contributed by atoms with Crippen molar-refractivity contribution < 1.29 is 4.79 Å². The molecule has 92 valence electrons. The van der Waals surface area contributed by atoms with Crippen molar-refractivity contribution >= 4 is 5.91 Å². The van der Waals surface area contributed by atoms with Gasteiger partial charge in [0.05, 0.1) is 0 Å². The lowest BCUT2D eigenvalue weighted by molar-refractivity contribution is -0.147. The lowest BCUT2D eigenvalue weighted by atomic mass is 9.66. The summed E-state index contributed by atoms with van der Waals surface area (Å²) in [7, 11) is 0. The van der Waals surface area contributed by atoms with Gasteiger partial charge in [-0.05, 0) is 37.6 Å². The fourth-order valence-corrected chi connectivity index (χ4v) is 3.02. The second-order valence-corrected chi connectivity index (χ2v) is 5.98. The fourth-order valence-electron chi connectivity index (χ4n) is 3.02. The van der Waals surface area contributed by atoms with E-state index in [1.54, 1.807) is 0 Å². The zero-order valence-corrected chi connectivity index (χ0v) is 10.6. The molecule has 0 spiro atoms. The maximum Gasteiger partial charge on any atom is 0.228 e. The molecule has 3 heteroatoms. The van der Waals surface area contributed by atoms with E-state index in [4.69, 9.17) is 5.73 Å². The van der Waals surface area contributed by atoms with Crippen molar-refractivity contribution in [3.63, 3.8) is 0 Å². The van der Waals surface area contributed by atoms with Gasteiger partial charge in [-0.15, -0.1) is 0 Å². The van der Waals surface area contributed by atoms with E-state index in [9.17, 15) is 4.79 Å². The van der Waals surface area contributed by atoms with Crippen LogP contribution >= 0.6 is 0 Å². The predicted octanol–water partition coefficient (Wildman–Crippen LogP) is 1.76. The van der Waals surface area contributed by atoms with Crippen LogP contribution in [0.3, 0.4) is 0 Å². The number of carbonyl (C=O) groups is 1. The van der Waals surface area contributed by atoms with Crippen LogP contribution in [0.15, 0.2) is 0 Å². The normalized spacial score (nSPS) is 32.6. The molecule has 0 bridgehead atoms. The summed E-state index contributed by atoms with van der Waals surface area (Å²) in [5, 5.41) is 0. The summed E-state index contributed by atoms with van der Waals surface area (Å²) in [4.78, 5) is 14.5. The number of rotatable bonds is 3. The molecule has 1 saturated carbocycles. The van der Waals surface area contributed by atoms with E-state index in [-0.39, 0.29) is 10.8 Å². The van der Waals surface area contributed by atoms with Crippen LogP contribution in [0, 0.1) is 10.8 Å². The Balaban J connectivity index is 2.02. The highest BCUT2D eigenvalue weighted by Gasteiger charge is 2.47. The number of amides is 1. The van der Waals surface area contributed by atoms with Gasteiger partial charge in [0.25, 0.3) is 0 Å². The summed E-state index contributed by atoms with van der Waals surface area (Å²) in [5.74, 6) is 0.401. The van der Waals surface area contributed by atoms with E-state index in [0.29, 0.717) is 12.5 Å². The molecule has 1 amide bonds. The molecule has 1 heterocycles. The number of carbonyl (C=O) groups excluding carboxylic acids is 1. The maximum atomic E-state index is 12.5. The molecule has 2 aliphatic rings. The monoisotopic (exact) mass is 224 g/mol. The van der Waals surface area contributed by atoms with E-state index in [1.165, 1.54) is 6.42 Å². The molecule has 16 heavy (non-hydrogen) atoms. The molecule has 0 aromatic rings. The van der Waals surface area contributed by atoms with Crippen molar-refractivity contribution in [1.82, 2.24) is 4.90 Å². The summed E-state index contributed by atoms with van der Waals surface area (Å²) >= 11 is 0. The van der Waals surface area contributed by atoms with Gasteiger partial charge in [-0.1, -0.05) is 20.3 Å². The summed E-state index contributed by atoms with van der Waals surface area (Å²) in [6.45, 7) is 6.81. The summed E-state index contributed by atoms with van der Waals surface area (Å²) in [5.41, 5.74) is 5.94. The van der Waals surface area contributed by atoms with Crippen LogP contribution in [0.4, 0.5) is 0 Å². The molecule has 1 unspecified atom stereocenters. The Hall–Kier alpha value is -0.570. The van der Waals surface area contributed by atoms with Crippen molar-refractivity contribution in [3.8, 4) is 0 Å². The minimum atomic E-state index is -0.000150. The first kappa shape index (κ1) is 11.9. The van der Waals surface area contributed by atoms with E-state index in [1.807, 2.05) is 0 Å². The fraction of sp³-hybridized carbons (Fsp3) is 0.923. The molecule has 1 aliphatic heterocycles. The third kappa shape index (κ3) is 1.75. The van der Waals surface area contributed by atoms with Gasteiger partial charge in [0, 0.05) is 18.5 Å². The number of nitrogens with two attached hydrogens (primary N) is 1. The Kier molecular flexibility index (Phi) is 2.99. The number of likely N-dealkylation sites (tertiary alicyclic amines) is 1. The summed E-state index contributed by atoms with van der Waals surface area (Å²) in [6, 6.07) is 0. The molecule has 0 aromatic carbocycles. The van der Waals surface area contributed by atoms with Crippen LogP contribution in [0.2, 0.25) is 0 Å². The summed E-state index contributed by atoms with van der Waals surface area (Å²) < 4.78 is 0. The smallest absolute Gasteiger partial charge is 0.228 e. The van der Waals surface area contributed by atoms with Gasteiger partial charge >= 0.3 is 0 Å². The lowest BCUT2D eigenvalue weighted by Gasteiger charge is -2.42. The molecule has 0 aromatic heterocycles. The molecule has 2 rings (SSSR count). The minimum Gasteiger partial charge on any atom is -0.342 e. The van der Waals surface area contributed by atoms with Crippen LogP contribution in [-0.4, -0.2) is 30.4 Å². The van der Waals surface area contributed by atoms with Crippen molar-refractivity contribution in [1.29, 1.82) is 0 Å². The second kappa shape index (κ2) is 4.02. The van der Waals surface area contributed by atoms with Crippen molar-refractivity contribution in [2.75, 3.05) is 19.6 Å². The average Bonchev–Trinajstić information content (AvgIpc) is 2.61. The molecular weight excluding hydrogens is 200 g/mol. The standard InChI is InChI=1S/C13H24N2O/c1-3-13(5-4-6-13)11(16)15-8-7-12(2,9-14)10-15/h3-10,14H2,1-2H3. The summed E-state index contributed by atoms with van der Waals surface area (Å²) in [6.07, 6.45) is 5.48. The van der Waals surface area contributed by atoms with Gasteiger partial charge in [-0.25, -0.2) is 0 Å². The van der Waals surface area contributed by atoms with Crippen LogP contribution < -0.4 is 5.73 Å². The van der Waals surface area contributed by atoms with Gasteiger partial charge in [0.2, 0.25) is 5.91 Å². The molecule has 1 aliphatic carbocycles. The van der Waals surface area contributed by atoms with Crippen LogP contribution in [-0.2, 0) is 4.79 Å². The SMILES string of the molecule is CCC1(C(=O)N2CCC(C)(CN)C2)CCC1. The van der Waals surface area contributed by atoms with Gasteiger partial charge in [0.15, 0.2) is 0 Å². The zero-order valence-electron chi connectivity index (χ0n) is 10.6. The van der Waals surface area contributed by atoms with E-state index in [0.717, 1.165) is 38.8 Å². The van der Waals surface area contributed by atoms with Crippen molar-refractivity contribution in [2.24, 2.45) is 16.6 Å². The highest BCUT2D eigenvalue weighted by Crippen LogP contribution is 2.46. The predicted molar refractivity (Wildman–Crippen MR) is 64.9 cm³/mol. The molecule has 3 nitrogen and oxygen atoms in total. The zero-order chi connectivity index (χ0) is 11.8.